The first-order valence-corrected chi connectivity index (χ1v) is 6.09. The van der Waals surface area contributed by atoms with Crippen molar-refractivity contribution in [3.63, 3.8) is 0 Å². The van der Waals surface area contributed by atoms with Crippen molar-refractivity contribution < 1.29 is 9.26 Å². The number of aromatic nitrogens is 1. The quantitative estimate of drug-likeness (QED) is 0.657. The van der Waals surface area contributed by atoms with E-state index in [1.54, 1.807) is 0 Å². The SMILES string of the molecule is CCCCCOCc1cc(CNCC)no1. The molecule has 4 heteroatoms. The number of rotatable bonds is 9. The monoisotopic (exact) mass is 226 g/mol. The number of ether oxygens (including phenoxy) is 1. The fourth-order valence-corrected chi connectivity index (χ4v) is 1.39. The molecular weight excluding hydrogens is 204 g/mol. The Hall–Kier alpha value is -0.870. The van der Waals surface area contributed by atoms with Crippen LogP contribution in [-0.2, 0) is 17.9 Å². The number of nitrogens with one attached hydrogen (secondary N) is 1. The lowest BCUT2D eigenvalue weighted by Crippen LogP contribution is -2.11. The molecule has 1 N–H and O–H groups in total. The van der Waals surface area contributed by atoms with Crippen LogP contribution in [0.15, 0.2) is 10.6 Å². The van der Waals surface area contributed by atoms with Crippen molar-refractivity contribution in [2.45, 2.75) is 46.3 Å². The molecule has 1 rings (SSSR count). The summed E-state index contributed by atoms with van der Waals surface area (Å²) in [5, 5.41) is 7.15. The second kappa shape index (κ2) is 8.30. The van der Waals surface area contributed by atoms with E-state index in [1.165, 1.54) is 12.8 Å². The summed E-state index contributed by atoms with van der Waals surface area (Å²) >= 11 is 0. The highest BCUT2D eigenvalue weighted by atomic mass is 16.5. The summed E-state index contributed by atoms with van der Waals surface area (Å²) in [5.74, 6) is 0.810. The Morgan fingerprint density at radius 3 is 3.00 bits per heavy atom. The normalized spacial score (nSPS) is 10.9. The zero-order valence-corrected chi connectivity index (χ0v) is 10.3. The van der Waals surface area contributed by atoms with E-state index in [-0.39, 0.29) is 0 Å². The maximum atomic E-state index is 5.49. The smallest absolute Gasteiger partial charge is 0.162 e. The lowest BCUT2D eigenvalue weighted by atomic mass is 10.3. The third-order valence-electron chi connectivity index (χ3n) is 2.30. The van der Waals surface area contributed by atoms with E-state index in [9.17, 15) is 0 Å². The Kier molecular flexibility index (Phi) is 6.85. The van der Waals surface area contributed by atoms with E-state index in [2.05, 4.69) is 24.3 Å². The summed E-state index contributed by atoms with van der Waals surface area (Å²) in [6.07, 6.45) is 3.56. The molecule has 0 aliphatic rings. The first-order chi connectivity index (χ1) is 7.86. The molecule has 0 aliphatic carbocycles. The van der Waals surface area contributed by atoms with E-state index in [4.69, 9.17) is 9.26 Å². The Bertz CT molecular complexity index is 274. The fourth-order valence-electron chi connectivity index (χ4n) is 1.39. The van der Waals surface area contributed by atoms with Gasteiger partial charge in [-0.1, -0.05) is 31.8 Å². The van der Waals surface area contributed by atoms with Gasteiger partial charge >= 0.3 is 0 Å². The third-order valence-corrected chi connectivity index (χ3v) is 2.30. The van der Waals surface area contributed by atoms with Crippen LogP contribution in [-0.4, -0.2) is 18.3 Å². The predicted molar refractivity (Wildman–Crippen MR) is 63.1 cm³/mol. The van der Waals surface area contributed by atoms with Crippen LogP contribution in [0, 0.1) is 0 Å². The molecule has 0 aliphatic heterocycles. The largest absolute Gasteiger partial charge is 0.373 e. The van der Waals surface area contributed by atoms with E-state index < -0.39 is 0 Å². The molecule has 0 spiro atoms. The van der Waals surface area contributed by atoms with Crippen molar-refractivity contribution in [3.05, 3.63) is 17.5 Å². The lowest BCUT2D eigenvalue weighted by Gasteiger charge is -1.99. The summed E-state index contributed by atoms with van der Waals surface area (Å²) in [5.41, 5.74) is 0.939. The Labute approximate surface area is 97.3 Å². The number of nitrogens with zero attached hydrogens (tertiary/aromatic N) is 1. The number of unbranched alkanes of at least 4 members (excludes halogenated alkanes) is 2. The molecule has 0 unspecified atom stereocenters. The molecule has 1 aromatic rings. The summed E-state index contributed by atoms with van der Waals surface area (Å²) < 4.78 is 10.6. The average molecular weight is 226 g/mol. The van der Waals surface area contributed by atoms with E-state index in [0.29, 0.717) is 6.61 Å². The Morgan fingerprint density at radius 2 is 2.25 bits per heavy atom. The van der Waals surface area contributed by atoms with Gasteiger partial charge in [0.05, 0.1) is 5.69 Å². The molecule has 0 bridgehead atoms. The van der Waals surface area contributed by atoms with Crippen molar-refractivity contribution in [1.82, 2.24) is 10.5 Å². The number of hydrogen-bond acceptors (Lipinski definition) is 4. The molecule has 92 valence electrons. The highest BCUT2D eigenvalue weighted by Crippen LogP contribution is 2.05. The van der Waals surface area contributed by atoms with Gasteiger partial charge in [0.15, 0.2) is 5.76 Å². The lowest BCUT2D eigenvalue weighted by molar-refractivity contribution is 0.0978. The van der Waals surface area contributed by atoms with Gasteiger partial charge in [-0.15, -0.1) is 0 Å². The number of hydrogen-bond donors (Lipinski definition) is 1. The maximum absolute atomic E-state index is 5.49. The van der Waals surface area contributed by atoms with Crippen LogP contribution in [0.5, 0.6) is 0 Å². The Morgan fingerprint density at radius 1 is 1.38 bits per heavy atom. The van der Waals surface area contributed by atoms with Crippen molar-refractivity contribution in [1.29, 1.82) is 0 Å². The van der Waals surface area contributed by atoms with Crippen molar-refractivity contribution in [2.75, 3.05) is 13.2 Å². The van der Waals surface area contributed by atoms with E-state index in [0.717, 1.165) is 37.6 Å². The van der Waals surface area contributed by atoms with Crippen LogP contribution in [0.2, 0.25) is 0 Å². The van der Waals surface area contributed by atoms with Gasteiger partial charge in [-0.05, 0) is 13.0 Å². The van der Waals surface area contributed by atoms with E-state index >= 15 is 0 Å². The second-order valence-electron chi connectivity index (χ2n) is 3.82. The van der Waals surface area contributed by atoms with Crippen LogP contribution >= 0.6 is 0 Å². The van der Waals surface area contributed by atoms with Crippen LogP contribution in [0.1, 0.15) is 44.6 Å². The van der Waals surface area contributed by atoms with Crippen molar-refractivity contribution in [3.8, 4) is 0 Å². The zero-order valence-electron chi connectivity index (χ0n) is 10.3. The summed E-state index contributed by atoms with van der Waals surface area (Å²) in [4.78, 5) is 0. The molecule has 1 heterocycles. The van der Waals surface area contributed by atoms with E-state index in [1.807, 2.05) is 6.07 Å². The van der Waals surface area contributed by atoms with Crippen LogP contribution < -0.4 is 5.32 Å². The van der Waals surface area contributed by atoms with Crippen LogP contribution in [0.4, 0.5) is 0 Å². The molecule has 0 saturated carbocycles. The Balaban J connectivity index is 2.14. The molecule has 4 nitrogen and oxygen atoms in total. The average Bonchev–Trinajstić information content (AvgIpc) is 2.74. The highest BCUT2D eigenvalue weighted by Gasteiger charge is 2.03. The topological polar surface area (TPSA) is 47.3 Å². The molecular formula is C12H22N2O2. The first-order valence-electron chi connectivity index (χ1n) is 6.09. The summed E-state index contributed by atoms with van der Waals surface area (Å²) in [6.45, 7) is 7.28. The minimum Gasteiger partial charge on any atom is -0.373 e. The molecule has 0 amide bonds. The van der Waals surface area contributed by atoms with Gasteiger partial charge in [-0.3, -0.25) is 0 Å². The molecule has 16 heavy (non-hydrogen) atoms. The van der Waals surface area contributed by atoms with Gasteiger partial charge in [-0.2, -0.15) is 0 Å². The van der Waals surface area contributed by atoms with Gasteiger partial charge in [0.2, 0.25) is 0 Å². The molecule has 1 aromatic heterocycles. The molecule has 0 aromatic carbocycles. The van der Waals surface area contributed by atoms with Gasteiger partial charge in [0, 0.05) is 19.2 Å². The first kappa shape index (κ1) is 13.2. The maximum Gasteiger partial charge on any atom is 0.162 e. The molecule has 0 saturated heterocycles. The van der Waals surface area contributed by atoms with Gasteiger partial charge < -0.3 is 14.6 Å². The fraction of sp³-hybridized carbons (Fsp3) is 0.750. The minimum atomic E-state index is 0.531. The van der Waals surface area contributed by atoms with Crippen LogP contribution in [0.25, 0.3) is 0 Å². The molecule has 0 fully saturated rings. The predicted octanol–water partition coefficient (Wildman–Crippen LogP) is 2.49. The molecule has 0 radical (unpaired) electrons. The summed E-state index contributed by atoms with van der Waals surface area (Å²) in [7, 11) is 0. The standard InChI is InChI=1S/C12H22N2O2/c1-3-5-6-7-15-10-12-8-11(14-16-12)9-13-4-2/h8,13H,3-7,9-10H2,1-2H3. The highest BCUT2D eigenvalue weighted by molar-refractivity contribution is 5.04. The second-order valence-corrected chi connectivity index (χ2v) is 3.82. The van der Waals surface area contributed by atoms with Crippen molar-refractivity contribution >= 4 is 0 Å². The third kappa shape index (κ3) is 5.28. The minimum absolute atomic E-state index is 0.531. The summed E-state index contributed by atoms with van der Waals surface area (Å²) in [6, 6.07) is 1.95. The van der Waals surface area contributed by atoms with Gasteiger partial charge in [0.1, 0.15) is 6.61 Å². The van der Waals surface area contributed by atoms with Crippen LogP contribution in [0.3, 0.4) is 0 Å². The van der Waals surface area contributed by atoms with Gasteiger partial charge in [0.25, 0.3) is 0 Å². The van der Waals surface area contributed by atoms with Gasteiger partial charge in [-0.25, -0.2) is 0 Å². The molecule has 0 atom stereocenters. The zero-order chi connectivity index (χ0) is 11.6. The van der Waals surface area contributed by atoms with Crippen molar-refractivity contribution in [2.24, 2.45) is 0 Å².